The number of rotatable bonds is 5. The first-order valence-corrected chi connectivity index (χ1v) is 7.89. The number of nitrogens with zero attached hydrogens (tertiary/aromatic N) is 2. The van der Waals surface area contributed by atoms with Gasteiger partial charge in [-0.05, 0) is 26.7 Å². The highest BCUT2D eigenvalue weighted by Crippen LogP contribution is 2.22. The highest BCUT2D eigenvalue weighted by Gasteiger charge is 2.28. The molecule has 1 aliphatic heterocycles. The van der Waals surface area contributed by atoms with E-state index in [9.17, 15) is 0 Å². The molecule has 2 rings (SSSR count). The van der Waals surface area contributed by atoms with Crippen LogP contribution in [0.2, 0.25) is 0 Å². The molecule has 1 saturated heterocycles. The summed E-state index contributed by atoms with van der Waals surface area (Å²) in [5.74, 6) is 0. The van der Waals surface area contributed by atoms with Crippen LogP contribution in [0.25, 0.3) is 0 Å². The van der Waals surface area contributed by atoms with Gasteiger partial charge < -0.3 is 5.32 Å². The first-order valence-electron chi connectivity index (χ1n) is 7.01. The molecule has 0 unspecified atom stereocenters. The van der Waals surface area contributed by atoms with Gasteiger partial charge in [0.1, 0.15) is 0 Å². The fourth-order valence-electron chi connectivity index (χ4n) is 2.58. The van der Waals surface area contributed by atoms with E-state index in [4.69, 9.17) is 4.98 Å². The Morgan fingerprint density at radius 3 is 2.78 bits per heavy atom. The normalized spacial score (nSPS) is 18.2. The van der Waals surface area contributed by atoms with Crippen LogP contribution >= 0.6 is 11.3 Å². The van der Waals surface area contributed by atoms with Crippen molar-refractivity contribution < 1.29 is 0 Å². The van der Waals surface area contributed by atoms with Crippen molar-refractivity contribution in [1.82, 2.24) is 15.2 Å². The zero-order valence-corrected chi connectivity index (χ0v) is 12.6. The Labute approximate surface area is 115 Å². The maximum Gasteiger partial charge on any atom is 0.0928 e. The maximum absolute atomic E-state index is 4.76. The summed E-state index contributed by atoms with van der Waals surface area (Å²) in [7, 11) is 0. The quantitative estimate of drug-likeness (QED) is 0.887. The van der Waals surface area contributed by atoms with Gasteiger partial charge in [-0.2, -0.15) is 0 Å². The Morgan fingerprint density at radius 2 is 2.11 bits per heavy atom. The Morgan fingerprint density at radius 1 is 1.39 bits per heavy atom. The third-order valence-electron chi connectivity index (χ3n) is 3.65. The molecule has 3 nitrogen and oxygen atoms in total. The third kappa shape index (κ3) is 3.53. The van der Waals surface area contributed by atoms with Gasteiger partial charge in [-0.25, -0.2) is 4.98 Å². The molecule has 1 fully saturated rings. The molecule has 0 spiro atoms. The van der Waals surface area contributed by atoms with Crippen LogP contribution in [0.1, 0.15) is 37.9 Å². The fourth-order valence-corrected chi connectivity index (χ4v) is 3.48. The fraction of sp³-hybridized carbons (Fsp3) is 0.786. The van der Waals surface area contributed by atoms with Gasteiger partial charge in [0.05, 0.1) is 10.7 Å². The van der Waals surface area contributed by atoms with Gasteiger partial charge in [0.2, 0.25) is 0 Å². The predicted molar refractivity (Wildman–Crippen MR) is 78.3 cm³/mol. The largest absolute Gasteiger partial charge is 0.314 e. The topological polar surface area (TPSA) is 28.2 Å². The summed E-state index contributed by atoms with van der Waals surface area (Å²) in [6.07, 6.45) is 3.38. The Hall–Kier alpha value is -0.450. The van der Waals surface area contributed by atoms with E-state index in [1.807, 2.05) is 11.3 Å². The minimum absolute atomic E-state index is 0.222. The summed E-state index contributed by atoms with van der Waals surface area (Å²) in [5.41, 5.74) is 1.49. The number of nitrogens with one attached hydrogen (secondary N) is 1. The van der Waals surface area contributed by atoms with E-state index in [-0.39, 0.29) is 5.54 Å². The van der Waals surface area contributed by atoms with Gasteiger partial charge in [0.15, 0.2) is 0 Å². The molecule has 1 aliphatic rings. The van der Waals surface area contributed by atoms with Crippen molar-refractivity contribution >= 4 is 11.3 Å². The molecule has 1 N–H and O–H groups in total. The molecule has 102 valence electrons. The molecule has 1 aromatic rings. The predicted octanol–water partition coefficient (Wildman–Crippen LogP) is 2.32. The molecular weight excluding hydrogens is 242 g/mol. The Kier molecular flexibility index (Phi) is 4.76. The van der Waals surface area contributed by atoms with E-state index >= 15 is 0 Å². The summed E-state index contributed by atoms with van der Waals surface area (Å²) in [4.78, 5) is 7.34. The lowest BCUT2D eigenvalue weighted by atomic mass is 9.95. The monoisotopic (exact) mass is 267 g/mol. The molecule has 0 saturated carbocycles. The van der Waals surface area contributed by atoms with Crippen LogP contribution in [0, 0.1) is 0 Å². The number of thiazole rings is 1. The van der Waals surface area contributed by atoms with Gasteiger partial charge in [-0.15, -0.1) is 11.3 Å². The molecule has 0 aliphatic carbocycles. The van der Waals surface area contributed by atoms with E-state index in [2.05, 4.69) is 36.4 Å². The summed E-state index contributed by atoms with van der Waals surface area (Å²) < 4.78 is 0. The lowest BCUT2D eigenvalue weighted by Gasteiger charge is -2.41. The average Bonchev–Trinajstić information content (AvgIpc) is 2.77. The third-order valence-corrected chi connectivity index (χ3v) is 4.61. The molecule has 2 heterocycles. The van der Waals surface area contributed by atoms with Crippen molar-refractivity contribution in [3.63, 3.8) is 0 Å². The van der Waals surface area contributed by atoms with E-state index in [1.54, 1.807) is 0 Å². The second-order valence-electron chi connectivity index (χ2n) is 5.71. The van der Waals surface area contributed by atoms with E-state index in [0.29, 0.717) is 0 Å². The van der Waals surface area contributed by atoms with Crippen LogP contribution in [0.3, 0.4) is 0 Å². The van der Waals surface area contributed by atoms with Crippen molar-refractivity contribution in [2.24, 2.45) is 0 Å². The standard InChI is InChI=1S/C14H25N3S/c1-4-5-13-16-12(11-18-13)10-14(2,3)17-8-6-15-7-9-17/h11,15H,4-10H2,1-3H3. The minimum Gasteiger partial charge on any atom is -0.314 e. The molecule has 0 amide bonds. The smallest absolute Gasteiger partial charge is 0.0928 e. The highest BCUT2D eigenvalue weighted by atomic mass is 32.1. The van der Waals surface area contributed by atoms with Crippen LogP contribution in [0.5, 0.6) is 0 Å². The van der Waals surface area contributed by atoms with E-state index < -0.39 is 0 Å². The molecule has 4 heteroatoms. The second-order valence-corrected chi connectivity index (χ2v) is 6.65. The highest BCUT2D eigenvalue weighted by molar-refractivity contribution is 7.09. The van der Waals surface area contributed by atoms with Crippen LogP contribution < -0.4 is 5.32 Å². The van der Waals surface area contributed by atoms with Gasteiger partial charge in [0.25, 0.3) is 0 Å². The number of hydrogen-bond donors (Lipinski definition) is 1. The maximum atomic E-state index is 4.76. The van der Waals surface area contributed by atoms with Crippen LogP contribution in [0.15, 0.2) is 5.38 Å². The van der Waals surface area contributed by atoms with Gasteiger partial charge >= 0.3 is 0 Å². The van der Waals surface area contributed by atoms with E-state index in [1.165, 1.54) is 17.1 Å². The molecule has 0 aromatic carbocycles. The first-order chi connectivity index (χ1) is 8.62. The van der Waals surface area contributed by atoms with E-state index in [0.717, 1.165) is 39.0 Å². The van der Waals surface area contributed by atoms with Crippen molar-refractivity contribution in [2.45, 2.75) is 45.6 Å². The molecule has 0 radical (unpaired) electrons. The van der Waals surface area contributed by atoms with Crippen molar-refractivity contribution in [2.75, 3.05) is 26.2 Å². The molecule has 0 bridgehead atoms. The number of hydrogen-bond acceptors (Lipinski definition) is 4. The average molecular weight is 267 g/mol. The summed E-state index contributed by atoms with van der Waals surface area (Å²) >= 11 is 1.82. The van der Waals surface area contributed by atoms with Crippen molar-refractivity contribution in [3.05, 3.63) is 16.1 Å². The Balaban J connectivity index is 1.96. The second kappa shape index (κ2) is 6.13. The molecule has 1 aromatic heterocycles. The van der Waals surface area contributed by atoms with Crippen molar-refractivity contribution in [3.8, 4) is 0 Å². The lowest BCUT2D eigenvalue weighted by molar-refractivity contribution is 0.103. The van der Waals surface area contributed by atoms with Gasteiger partial charge in [0, 0.05) is 43.5 Å². The summed E-state index contributed by atoms with van der Waals surface area (Å²) in [6, 6.07) is 0. The SMILES string of the molecule is CCCc1nc(CC(C)(C)N2CCNCC2)cs1. The van der Waals surface area contributed by atoms with Crippen molar-refractivity contribution in [1.29, 1.82) is 0 Å². The first kappa shape index (κ1) is 14.0. The number of aryl methyl sites for hydroxylation is 1. The molecular formula is C14H25N3S. The van der Waals surface area contributed by atoms with Crippen LogP contribution in [0.4, 0.5) is 0 Å². The lowest BCUT2D eigenvalue weighted by Crippen LogP contribution is -2.54. The Bertz CT molecular complexity index is 367. The molecule has 18 heavy (non-hydrogen) atoms. The summed E-state index contributed by atoms with van der Waals surface area (Å²) in [5, 5.41) is 6.96. The minimum atomic E-state index is 0.222. The zero-order valence-electron chi connectivity index (χ0n) is 11.8. The van der Waals surface area contributed by atoms with Gasteiger partial charge in [-0.3, -0.25) is 4.90 Å². The van der Waals surface area contributed by atoms with Crippen LogP contribution in [-0.4, -0.2) is 41.6 Å². The molecule has 0 atom stereocenters. The van der Waals surface area contributed by atoms with Gasteiger partial charge in [-0.1, -0.05) is 6.92 Å². The number of aromatic nitrogens is 1. The zero-order chi connectivity index (χ0) is 13.0. The number of piperazine rings is 1. The summed E-state index contributed by atoms with van der Waals surface area (Å²) in [6.45, 7) is 11.4. The van der Waals surface area contributed by atoms with Crippen LogP contribution in [-0.2, 0) is 12.8 Å².